The Kier molecular flexibility index (Phi) is 6.91. The summed E-state index contributed by atoms with van der Waals surface area (Å²) in [6.07, 6.45) is -3.28. The van der Waals surface area contributed by atoms with E-state index in [1.807, 2.05) is 6.07 Å². The summed E-state index contributed by atoms with van der Waals surface area (Å²) in [7, 11) is 0. The van der Waals surface area contributed by atoms with Crippen molar-refractivity contribution in [1.29, 1.82) is 0 Å². The fourth-order valence-corrected chi connectivity index (χ4v) is 4.92. The minimum absolute atomic E-state index is 0.0773. The largest absolute Gasteiger partial charge is 0.416 e. The van der Waals surface area contributed by atoms with Crippen LogP contribution >= 0.6 is 0 Å². The van der Waals surface area contributed by atoms with Crippen molar-refractivity contribution in [2.24, 2.45) is 0 Å². The predicted octanol–water partition coefficient (Wildman–Crippen LogP) is 6.04. The van der Waals surface area contributed by atoms with Gasteiger partial charge in [0.05, 0.1) is 12.2 Å². The predicted molar refractivity (Wildman–Crippen MR) is 142 cm³/mol. The molecule has 5 aromatic rings. The molecule has 0 aliphatic heterocycles. The summed E-state index contributed by atoms with van der Waals surface area (Å²) in [5, 5.41) is 21.5. The maximum Gasteiger partial charge on any atom is 0.416 e. The molecule has 0 spiro atoms. The van der Waals surface area contributed by atoms with Crippen molar-refractivity contribution in [3.8, 4) is 0 Å². The van der Waals surface area contributed by atoms with Gasteiger partial charge in [0, 0.05) is 12.1 Å². The highest BCUT2D eigenvalue weighted by atomic mass is 19.4. The van der Waals surface area contributed by atoms with Crippen LogP contribution in [0.5, 0.6) is 0 Å². The molecule has 5 aromatic carbocycles. The number of aliphatic hydroxyl groups is 1. The Morgan fingerprint density at radius 1 is 0.842 bits per heavy atom. The van der Waals surface area contributed by atoms with Crippen LogP contribution in [0.25, 0.3) is 32.3 Å². The number of hydrogen-bond donors (Lipinski definition) is 3. The van der Waals surface area contributed by atoms with Gasteiger partial charge in [-0.3, -0.25) is 9.59 Å². The molecule has 0 radical (unpaired) electrons. The second-order valence-electron chi connectivity index (χ2n) is 9.30. The molecule has 38 heavy (non-hydrogen) atoms. The lowest BCUT2D eigenvalue weighted by molar-refractivity contribution is -0.137. The SMILES string of the molecule is O=C(CCCc1ccc2ccc3cccc4ccc1c2c34)N[C@@H](CO)C(=O)Nc1cccc(C(F)(F)F)c1. The molecule has 3 N–H and O–H groups in total. The van der Waals surface area contributed by atoms with Gasteiger partial charge in [0.15, 0.2) is 0 Å². The van der Waals surface area contributed by atoms with Crippen molar-refractivity contribution in [1.82, 2.24) is 5.32 Å². The van der Waals surface area contributed by atoms with Crippen LogP contribution in [0.1, 0.15) is 24.0 Å². The lowest BCUT2D eigenvalue weighted by atomic mass is 9.90. The Labute approximate surface area is 216 Å². The van der Waals surface area contributed by atoms with Crippen LogP contribution in [0.3, 0.4) is 0 Å². The standard InChI is InChI=1S/C30H25F3N2O3/c31-30(32,33)22-7-3-8-23(16-22)34-29(38)25(17-36)35-26(37)9-2-4-18-10-11-21-13-12-19-5-1-6-20-14-15-24(18)28(21)27(19)20/h1,3,5-8,10-16,25,36H,2,4,9,17H2,(H,34,38)(H,35,37)/t25-/m0/s1. The molecule has 0 aliphatic rings. The van der Waals surface area contributed by atoms with Gasteiger partial charge in [-0.15, -0.1) is 0 Å². The van der Waals surface area contributed by atoms with Gasteiger partial charge in [-0.2, -0.15) is 13.2 Å². The zero-order valence-corrected chi connectivity index (χ0v) is 20.3. The maximum atomic E-state index is 12.9. The van der Waals surface area contributed by atoms with Crippen LogP contribution < -0.4 is 10.6 Å². The zero-order valence-electron chi connectivity index (χ0n) is 20.3. The summed E-state index contributed by atoms with van der Waals surface area (Å²) in [5.41, 5.74) is 0.128. The minimum atomic E-state index is -4.56. The summed E-state index contributed by atoms with van der Waals surface area (Å²) < 4.78 is 38.8. The molecule has 0 aliphatic carbocycles. The Bertz CT molecular complexity index is 1610. The molecule has 0 heterocycles. The molecule has 0 saturated heterocycles. The van der Waals surface area contributed by atoms with E-state index in [1.165, 1.54) is 33.7 Å². The minimum Gasteiger partial charge on any atom is -0.394 e. The molecular formula is C30H25F3N2O3. The summed E-state index contributed by atoms with van der Waals surface area (Å²) in [6, 6.07) is 21.7. The number of aryl methyl sites for hydroxylation is 1. The normalized spacial score (nSPS) is 12.7. The van der Waals surface area contributed by atoms with E-state index >= 15 is 0 Å². The first-order chi connectivity index (χ1) is 18.2. The molecular weight excluding hydrogens is 493 g/mol. The Morgan fingerprint density at radius 3 is 2.21 bits per heavy atom. The van der Waals surface area contributed by atoms with Gasteiger partial charge in [-0.25, -0.2) is 0 Å². The van der Waals surface area contributed by atoms with Crippen molar-refractivity contribution in [2.75, 3.05) is 11.9 Å². The first-order valence-electron chi connectivity index (χ1n) is 12.3. The third-order valence-corrected chi connectivity index (χ3v) is 6.76. The number of hydrogen-bond acceptors (Lipinski definition) is 3. The average Bonchev–Trinajstić information content (AvgIpc) is 2.90. The van der Waals surface area contributed by atoms with Gasteiger partial charge in [0.25, 0.3) is 0 Å². The van der Waals surface area contributed by atoms with Crippen LogP contribution in [0.15, 0.2) is 78.9 Å². The van der Waals surface area contributed by atoms with Gasteiger partial charge < -0.3 is 15.7 Å². The van der Waals surface area contributed by atoms with E-state index in [1.54, 1.807) is 0 Å². The van der Waals surface area contributed by atoms with Crippen LogP contribution in [0.4, 0.5) is 18.9 Å². The number of aliphatic hydroxyl groups excluding tert-OH is 1. The van der Waals surface area contributed by atoms with Gasteiger partial charge in [0.2, 0.25) is 11.8 Å². The number of anilines is 1. The number of benzene rings is 5. The highest BCUT2D eigenvalue weighted by Gasteiger charge is 2.30. The van der Waals surface area contributed by atoms with E-state index < -0.39 is 36.2 Å². The van der Waals surface area contributed by atoms with Crippen molar-refractivity contribution in [3.63, 3.8) is 0 Å². The molecule has 0 unspecified atom stereocenters. The van der Waals surface area contributed by atoms with Crippen LogP contribution in [-0.2, 0) is 22.2 Å². The highest BCUT2D eigenvalue weighted by Crippen LogP contribution is 2.36. The van der Waals surface area contributed by atoms with Crippen molar-refractivity contribution < 1.29 is 27.9 Å². The first kappa shape index (κ1) is 25.5. The van der Waals surface area contributed by atoms with Crippen LogP contribution in [0, 0.1) is 0 Å². The van der Waals surface area contributed by atoms with Gasteiger partial charge in [0.1, 0.15) is 6.04 Å². The second-order valence-corrected chi connectivity index (χ2v) is 9.30. The number of carbonyl (C=O) groups is 2. The molecule has 8 heteroatoms. The maximum absolute atomic E-state index is 12.9. The van der Waals surface area contributed by atoms with E-state index in [-0.39, 0.29) is 12.1 Å². The topological polar surface area (TPSA) is 78.4 Å². The van der Waals surface area contributed by atoms with E-state index in [2.05, 4.69) is 59.2 Å². The Morgan fingerprint density at radius 2 is 1.50 bits per heavy atom. The molecule has 1 atom stereocenters. The fraction of sp³-hybridized carbons (Fsp3) is 0.200. The van der Waals surface area contributed by atoms with Gasteiger partial charge in [-0.05, 0) is 68.9 Å². The molecule has 5 nitrogen and oxygen atoms in total. The van der Waals surface area contributed by atoms with E-state index in [0.29, 0.717) is 12.8 Å². The molecule has 0 fully saturated rings. The second kappa shape index (κ2) is 10.3. The quantitative estimate of drug-likeness (QED) is 0.219. The highest BCUT2D eigenvalue weighted by molar-refractivity contribution is 6.23. The van der Waals surface area contributed by atoms with Gasteiger partial charge in [-0.1, -0.05) is 60.7 Å². The lowest BCUT2D eigenvalue weighted by Gasteiger charge is -2.17. The number of carbonyl (C=O) groups excluding carboxylic acids is 2. The van der Waals surface area contributed by atoms with Crippen LogP contribution in [0.2, 0.25) is 0 Å². The summed E-state index contributed by atoms with van der Waals surface area (Å²) in [4.78, 5) is 25.0. The third-order valence-electron chi connectivity index (χ3n) is 6.76. The van der Waals surface area contributed by atoms with Crippen molar-refractivity contribution >= 4 is 49.8 Å². The number of halogens is 3. The lowest BCUT2D eigenvalue weighted by Crippen LogP contribution is -2.46. The van der Waals surface area contributed by atoms with Crippen LogP contribution in [-0.4, -0.2) is 29.6 Å². The number of nitrogens with one attached hydrogen (secondary N) is 2. The number of rotatable bonds is 8. The molecule has 194 valence electrons. The smallest absolute Gasteiger partial charge is 0.394 e. The van der Waals surface area contributed by atoms with Gasteiger partial charge >= 0.3 is 6.18 Å². The summed E-state index contributed by atoms with van der Waals surface area (Å²) >= 11 is 0. The number of alkyl halides is 3. The molecule has 2 amide bonds. The zero-order chi connectivity index (χ0) is 26.9. The van der Waals surface area contributed by atoms with E-state index in [0.717, 1.165) is 28.5 Å². The molecule has 5 rings (SSSR count). The van der Waals surface area contributed by atoms with Crippen molar-refractivity contribution in [2.45, 2.75) is 31.5 Å². The molecule has 0 aromatic heterocycles. The monoisotopic (exact) mass is 518 g/mol. The molecule has 0 bridgehead atoms. The van der Waals surface area contributed by atoms with Crippen molar-refractivity contribution in [3.05, 3.63) is 90.0 Å². The Balaban J connectivity index is 1.22. The molecule has 0 saturated carbocycles. The summed E-state index contributed by atoms with van der Waals surface area (Å²) in [5.74, 6) is -1.23. The number of amides is 2. The third kappa shape index (κ3) is 5.13. The fourth-order valence-electron chi connectivity index (χ4n) is 4.92. The average molecular weight is 519 g/mol. The first-order valence-corrected chi connectivity index (χ1v) is 12.3. The van der Waals surface area contributed by atoms with E-state index in [4.69, 9.17) is 0 Å². The van der Waals surface area contributed by atoms with E-state index in [9.17, 15) is 27.9 Å². The summed E-state index contributed by atoms with van der Waals surface area (Å²) in [6.45, 7) is -0.689. The Hall–Kier alpha value is -4.17.